The molecule has 2 rings (SSSR count). The first kappa shape index (κ1) is 18.3. The maximum absolute atomic E-state index is 3.43. The predicted molar refractivity (Wildman–Crippen MR) is 112 cm³/mol. The van der Waals surface area contributed by atoms with Crippen LogP contribution in [0.25, 0.3) is 11.1 Å². The Morgan fingerprint density at radius 1 is 0.583 bits per heavy atom. The van der Waals surface area contributed by atoms with Gasteiger partial charge in [0.25, 0.3) is 0 Å². The van der Waals surface area contributed by atoms with Gasteiger partial charge in [-0.15, -0.1) is 11.1 Å². The Morgan fingerprint density at radius 2 is 1.12 bits per heavy atom. The van der Waals surface area contributed by atoms with E-state index in [1.165, 1.54) is 11.1 Å². The minimum atomic E-state index is -1.34. The van der Waals surface area contributed by atoms with E-state index in [4.69, 9.17) is 0 Å². The highest BCUT2D eigenvalue weighted by Gasteiger charge is 2.08. The average Bonchev–Trinajstić information content (AvgIpc) is 2.50. The van der Waals surface area contributed by atoms with Crippen molar-refractivity contribution in [3.63, 3.8) is 0 Å². The molecule has 122 valence electrons. The molecule has 0 nitrogen and oxygen atoms in total. The second-order valence-electron chi connectivity index (χ2n) is 8.16. The molecule has 2 aromatic rings. The molecule has 0 saturated carbocycles. The van der Waals surface area contributed by atoms with Crippen molar-refractivity contribution in [1.82, 2.24) is 0 Å². The van der Waals surface area contributed by atoms with Gasteiger partial charge >= 0.3 is 0 Å². The molecule has 0 bridgehead atoms. The van der Waals surface area contributed by atoms with Crippen LogP contribution in [0.3, 0.4) is 0 Å². The van der Waals surface area contributed by atoms with Gasteiger partial charge in [0.1, 0.15) is 16.1 Å². The van der Waals surface area contributed by atoms with Gasteiger partial charge in [0.05, 0.1) is 0 Å². The predicted octanol–water partition coefficient (Wildman–Crippen LogP) is 5.81. The summed E-state index contributed by atoms with van der Waals surface area (Å²) in [4.78, 5) is 0. The lowest BCUT2D eigenvalue weighted by atomic mass is 10.0. The third-order valence-electron chi connectivity index (χ3n) is 3.24. The minimum absolute atomic E-state index is 1.09. The van der Waals surface area contributed by atoms with Crippen molar-refractivity contribution in [3.05, 3.63) is 59.7 Å². The van der Waals surface area contributed by atoms with Crippen LogP contribution in [0, 0.1) is 22.9 Å². The second-order valence-corrected chi connectivity index (χ2v) is 17.7. The third-order valence-corrected chi connectivity index (χ3v) is 4.99. The summed E-state index contributed by atoms with van der Waals surface area (Å²) in [6.07, 6.45) is 0. The molecule has 2 aromatic carbocycles. The zero-order valence-corrected chi connectivity index (χ0v) is 17.6. The lowest BCUT2D eigenvalue weighted by Gasteiger charge is -2.05. The van der Waals surface area contributed by atoms with Gasteiger partial charge in [-0.1, -0.05) is 75.4 Å². The van der Waals surface area contributed by atoms with E-state index >= 15 is 0 Å². The smallest absolute Gasteiger partial charge is 0.127 e. The largest absolute Gasteiger partial charge is 0.129 e. The van der Waals surface area contributed by atoms with Gasteiger partial charge in [-0.05, 0) is 35.4 Å². The van der Waals surface area contributed by atoms with Crippen molar-refractivity contribution in [2.45, 2.75) is 39.3 Å². The van der Waals surface area contributed by atoms with Gasteiger partial charge in [0, 0.05) is 11.1 Å². The third kappa shape index (κ3) is 6.24. The fraction of sp³-hybridized carbons (Fsp3) is 0.273. The number of rotatable bonds is 1. The van der Waals surface area contributed by atoms with Crippen LogP contribution in [0.5, 0.6) is 0 Å². The Hall–Kier alpha value is -2.01. The normalized spacial score (nSPS) is 11.1. The molecule has 0 atom stereocenters. The van der Waals surface area contributed by atoms with Crippen molar-refractivity contribution in [1.29, 1.82) is 0 Å². The zero-order valence-electron chi connectivity index (χ0n) is 15.6. The molecule has 0 N–H and O–H groups in total. The summed E-state index contributed by atoms with van der Waals surface area (Å²) in [5.74, 6) is 6.64. The van der Waals surface area contributed by atoms with Crippen molar-refractivity contribution >= 4 is 16.1 Å². The van der Waals surface area contributed by atoms with Crippen molar-refractivity contribution < 1.29 is 0 Å². The molecule has 0 unspecified atom stereocenters. The fourth-order valence-electron chi connectivity index (χ4n) is 2.04. The quantitative estimate of drug-likeness (QED) is 0.451. The summed E-state index contributed by atoms with van der Waals surface area (Å²) < 4.78 is 0. The summed E-state index contributed by atoms with van der Waals surface area (Å²) in [5.41, 5.74) is 11.5. The van der Waals surface area contributed by atoms with E-state index in [0.29, 0.717) is 0 Å². The molecule has 24 heavy (non-hydrogen) atoms. The molecule has 0 saturated heterocycles. The van der Waals surface area contributed by atoms with Crippen LogP contribution in [0.4, 0.5) is 0 Å². The topological polar surface area (TPSA) is 0 Å². The Bertz CT molecular complexity index is 824. The second kappa shape index (κ2) is 7.26. The van der Waals surface area contributed by atoms with Crippen LogP contribution in [0.15, 0.2) is 48.5 Å². The highest BCUT2D eigenvalue weighted by Crippen LogP contribution is 2.21. The van der Waals surface area contributed by atoms with E-state index in [1.807, 2.05) is 0 Å². The molecular weight excluding hydrogens is 320 g/mol. The Balaban J connectivity index is 2.26. The van der Waals surface area contributed by atoms with Crippen LogP contribution in [-0.2, 0) is 0 Å². The average molecular weight is 347 g/mol. The molecule has 2 heteroatoms. The highest BCUT2D eigenvalue weighted by molar-refractivity contribution is 6.84. The molecule has 0 aromatic heterocycles. The van der Waals surface area contributed by atoms with Crippen LogP contribution in [0.1, 0.15) is 11.1 Å². The molecule has 0 radical (unpaired) electrons. The molecule has 0 heterocycles. The van der Waals surface area contributed by atoms with Gasteiger partial charge in [-0.2, -0.15) is 0 Å². The van der Waals surface area contributed by atoms with E-state index in [1.54, 1.807) is 0 Å². The van der Waals surface area contributed by atoms with Crippen LogP contribution in [0.2, 0.25) is 39.3 Å². The zero-order chi connectivity index (χ0) is 17.8. The summed E-state index contributed by atoms with van der Waals surface area (Å²) in [5, 5.41) is 0. The standard InChI is InChI=1S/C22H26Si2/c1-23(2,3)16-14-19-10-12-21(13-11-19)22-9-7-8-20(18-22)15-17-24(4,5)6/h7-13,18H,1-6H3. The molecule has 0 amide bonds. The summed E-state index contributed by atoms with van der Waals surface area (Å²) in [6.45, 7) is 13.6. The SMILES string of the molecule is C[Si](C)(C)C#Cc1ccc(-c2cccc(C#C[Si](C)(C)C)c2)cc1. The summed E-state index contributed by atoms with van der Waals surface area (Å²) in [6, 6.07) is 17.0. The number of benzene rings is 2. The van der Waals surface area contributed by atoms with E-state index in [9.17, 15) is 0 Å². The lowest BCUT2D eigenvalue weighted by Crippen LogP contribution is -2.16. The summed E-state index contributed by atoms with van der Waals surface area (Å²) >= 11 is 0. The van der Waals surface area contributed by atoms with Crippen molar-refractivity contribution in [2.24, 2.45) is 0 Å². The van der Waals surface area contributed by atoms with Crippen molar-refractivity contribution in [3.8, 4) is 34.1 Å². The van der Waals surface area contributed by atoms with Gasteiger partial charge < -0.3 is 0 Å². The summed E-state index contributed by atoms with van der Waals surface area (Å²) in [7, 11) is -2.66. The van der Waals surface area contributed by atoms with Crippen LogP contribution in [-0.4, -0.2) is 16.1 Å². The van der Waals surface area contributed by atoms with E-state index < -0.39 is 16.1 Å². The fourth-order valence-corrected chi connectivity index (χ4v) is 3.08. The van der Waals surface area contributed by atoms with Gasteiger partial charge in [-0.3, -0.25) is 0 Å². The Morgan fingerprint density at radius 3 is 1.67 bits per heavy atom. The monoisotopic (exact) mass is 346 g/mol. The first-order valence-corrected chi connectivity index (χ1v) is 15.4. The van der Waals surface area contributed by atoms with E-state index in [2.05, 4.69) is 111 Å². The lowest BCUT2D eigenvalue weighted by molar-refractivity contribution is 1.57. The van der Waals surface area contributed by atoms with Gasteiger partial charge in [0.2, 0.25) is 0 Å². The van der Waals surface area contributed by atoms with Crippen LogP contribution < -0.4 is 0 Å². The molecular formula is C22H26Si2. The number of hydrogen-bond acceptors (Lipinski definition) is 0. The molecule has 0 spiro atoms. The molecule has 0 aliphatic rings. The Labute approximate surface area is 149 Å². The van der Waals surface area contributed by atoms with Crippen molar-refractivity contribution in [2.75, 3.05) is 0 Å². The molecule has 0 aliphatic carbocycles. The molecule has 0 aliphatic heterocycles. The first-order valence-electron chi connectivity index (χ1n) is 8.39. The minimum Gasteiger partial charge on any atom is -0.127 e. The van der Waals surface area contributed by atoms with E-state index in [-0.39, 0.29) is 0 Å². The highest BCUT2D eigenvalue weighted by atomic mass is 28.3. The van der Waals surface area contributed by atoms with Gasteiger partial charge in [-0.25, -0.2) is 0 Å². The van der Waals surface area contributed by atoms with Gasteiger partial charge in [0.15, 0.2) is 0 Å². The first-order chi connectivity index (χ1) is 11.1. The number of hydrogen-bond donors (Lipinski definition) is 0. The Kier molecular flexibility index (Phi) is 5.55. The van der Waals surface area contributed by atoms with Crippen LogP contribution >= 0.6 is 0 Å². The maximum atomic E-state index is 3.43. The molecule has 0 fully saturated rings. The maximum Gasteiger partial charge on any atom is 0.129 e. The van der Waals surface area contributed by atoms with E-state index in [0.717, 1.165) is 11.1 Å².